The molecule has 5 nitrogen and oxygen atoms in total. The van der Waals surface area contributed by atoms with Gasteiger partial charge in [0.1, 0.15) is 0 Å². The molecule has 0 atom stereocenters. The van der Waals surface area contributed by atoms with Crippen LogP contribution in [-0.4, -0.2) is 22.9 Å². The summed E-state index contributed by atoms with van der Waals surface area (Å²) >= 11 is 0. The van der Waals surface area contributed by atoms with Crippen molar-refractivity contribution in [2.45, 2.75) is 5.16 Å². The van der Waals surface area contributed by atoms with Gasteiger partial charge in [-0.3, -0.25) is 4.55 Å². The Morgan fingerprint density at radius 2 is 1.48 bits per heavy atom. The lowest BCUT2D eigenvalue weighted by molar-refractivity contribution is 0.476. The summed E-state index contributed by atoms with van der Waals surface area (Å²) in [6.07, 6.45) is 0. The quantitative estimate of drug-likeness (QED) is 0.403. The smallest absolute Gasteiger partial charge is 0.327 e. The molecular weight excluding hydrogens is 384 g/mol. The maximum Gasteiger partial charge on any atom is 0.328 e. The van der Waals surface area contributed by atoms with Gasteiger partial charge in [-0.15, -0.1) is 0 Å². The van der Waals surface area contributed by atoms with E-state index in [-0.39, 0.29) is 0 Å². The number of aromatic amines is 1. The second-order valence-corrected chi connectivity index (χ2v) is 8.13. The van der Waals surface area contributed by atoms with Gasteiger partial charge >= 0.3 is 10.1 Å². The summed E-state index contributed by atoms with van der Waals surface area (Å²) in [5.41, 5.74) is 4.73. The molecule has 0 aliphatic rings. The Bertz CT molecular complexity index is 1470. The third-order valence-corrected chi connectivity index (χ3v) is 5.70. The molecule has 0 spiro atoms. The molecule has 0 saturated heterocycles. The molecule has 0 aliphatic carbocycles. The van der Waals surface area contributed by atoms with Crippen molar-refractivity contribution in [1.82, 2.24) is 9.97 Å². The monoisotopic (exact) mass is 400 g/mol. The summed E-state index contributed by atoms with van der Waals surface area (Å²) in [4.78, 5) is 6.95. The molecule has 0 saturated carbocycles. The predicted octanol–water partition coefficient (Wildman–Crippen LogP) is 5.30. The van der Waals surface area contributed by atoms with E-state index >= 15 is 0 Å². The Hall–Kier alpha value is -3.48. The van der Waals surface area contributed by atoms with Gasteiger partial charge in [-0.25, -0.2) is 4.98 Å². The summed E-state index contributed by atoms with van der Waals surface area (Å²) in [7, 11) is -4.44. The van der Waals surface area contributed by atoms with Crippen LogP contribution in [0.1, 0.15) is 0 Å². The molecule has 4 aromatic carbocycles. The minimum absolute atomic E-state index is 0.459. The normalized spacial score (nSPS) is 11.9. The average molecular weight is 400 g/mol. The van der Waals surface area contributed by atoms with Crippen molar-refractivity contribution < 1.29 is 13.0 Å². The van der Waals surface area contributed by atoms with Crippen LogP contribution in [0, 0.1) is 0 Å². The first-order valence-corrected chi connectivity index (χ1v) is 10.5. The van der Waals surface area contributed by atoms with Gasteiger partial charge in [-0.1, -0.05) is 78.9 Å². The lowest BCUT2D eigenvalue weighted by atomic mass is 9.90. The molecule has 1 aromatic heterocycles. The molecule has 5 rings (SSSR count). The Kier molecular flexibility index (Phi) is 3.97. The van der Waals surface area contributed by atoms with Gasteiger partial charge in [0, 0.05) is 5.56 Å². The van der Waals surface area contributed by atoms with Gasteiger partial charge in [0.25, 0.3) is 5.16 Å². The van der Waals surface area contributed by atoms with E-state index in [9.17, 15) is 13.0 Å². The number of nitrogens with zero attached hydrogens (tertiary/aromatic N) is 1. The number of imidazole rings is 1. The van der Waals surface area contributed by atoms with Crippen LogP contribution in [0.5, 0.6) is 0 Å². The highest BCUT2D eigenvalue weighted by molar-refractivity contribution is 7.85. The van der Waals surface area contributed by atoms with Crippen molar-refractivity contribution in [1.29, 1.82) is 0 Å². The fourth-order valence-corrected chi connectivity index (χ4v) is 4.20. The molecule has 2 N–H and O–H groups in total. The van der Waals surface area contributed by atoms with Crippen LogP contribution in [0.25, 0.3) is 44.1 Å². The Morgan fingerprint density at radius 1 is 0.759 bits per heavy atom. The molecule has 6 heteroatoms. The maximum atomic E-state index is 11.6. The zero-order chi connectivity index (χ0) is 20.0. The van der Waals surface area contributed by atoms with Gasteiger partial charge in [-0.05, 0) is 33.5 Å². The van der Waals surface area contributed by atoms with Crippen LogP contribution in [0.3, 0.4) is 0 Å². The van der Waals surface area contributed by atoms with Crippen molar-refractivity contribution in [3.05, 3.63) is 84.9 Å². The molecule has 0 amide bonds. The van der Waals surface area contributed by atoms with E-state index in [1.165, 1.54) is 0 Å². The van der Waals surface area contributed by atoms with E-state index in [1.54, 1.807) is 6.07 Å². The summed E-state index contributed by atoms with van der Waals surface area (Å²) in [6, 6.07) is 27.7. The number of benzene rings is 4. The molecule has 0 aliphatic heterocycles. The highest BCUT2D eigenvalue weighted by atomic mass is 32.2. The predicted molar refractivity (Wildman–Crippen MR) is 114 cm³/mol. The van der Waals surface area contributed by atoms with Crippen molar-refractivity contribution in [2.24, 2.45) is 0 Å². The first kappa shape index (κ1) is 17.6. The van der Waals surface area contributed by atoms with Crippen LogP contribution in [0.15, 0.2) is 90.1 Å². The zero-order valence-electron chi connectivity index (χ0n) is 15.2. The van der Waals surface area contributed by atoms with E-state index in [2.05, 4.69) is 28.2 Å². The Balaban J connectivity index is 1.91. The fourth-order valence-electron chi connectivity index (χ4n) is 3.76. The largest absolute Gasteiger partial charge is 0.328 e. The second-order valence-electron chi connectivity index (χ2n) is 6.79. The minimum Gasteiger partial charge on any atom is -0.327 e. The third kappa shape index (κ3) is 2.99. The molecule has 29 heavy (non-hydrogen) atoms. The summed E-state index contributed by atoms with van der Waals surface area (Å²) in [6.45, 7) is 0. The number of H-pyrrole nitrogens is 1. The first-order chi connectivity index (χ1) is 14.0. The number of hydrogen-bond donors (Lipinski definition) is 2. The summed E-state index contributed by atoms with van der Waals surface area (Å²) < 4.78 is 32.7. The molecule has 0 fully saturated rings. The maximum absolute atomic E-state index is 11.6. The van der Waals surface area contributed by atoms with Crippen molar-refractivity contribution in [3.8, 4) is 22.3 Å². The summed E-state index contributed by atoms with van der Waals surface area (Å²) in [5, 5.41) is 1.75. The first-order valence-electron chi connectivity index (χ1n) is 9.06. The van der Waals surface area contributed by atoms with E-state index < -0.39 is 15.3 Å². The van der Waals surface area contributed by atoms with E-state index in [0.717, 1.165) is 33.0 Å². The van der Waals surface area contributed by atoms with E-state index in [0.29, 0.717) is 11.0 Å². The molecular formula is C23H16N2O3S. The standard InChI is InChI=1S/C23H16N2O3S/c26-29(27,28)23-24-20-14-13-19(18-12-6-10-15-7-4-5-11-17(15)18)21(22(20)25-23)16-8-2-1-3-9-16/h1-14H,(H,24,25)(H,26,27,28). The molecule has 0 bridgehead atoms. The second kappa shape index (κ2) is 6.55. The van der Waals surface area contributed by atoms with Crippen molar-refractivity contribution in [3.63, 3.8) is 0 Å². The lowest BCUT2D eigenvalue weighted by Crippen LogP contribution is -1.99. The molecule has 142 valence electrons. The number of rotatable bonds is 3. The van der Waals surface area contributed by atoms with E-state index in [4.69, 9.17) is 0 Å². The number of nitrogens with one attached hydrogen (secondary N) is 1. The Morgan fingerprint density at radius 3 is 2.28 bits per heavy atom. The van der Waals surface area contributed by atoms with Crippen LogP contribution >= 0.6 is 0 Å². The number of fused-ring (bicyclic) bond motifs is 2. The van der Waals surface area contributed by atoms with Crippen molar-refractivity contribution >= 4 is 31.9 Å². The van der Waals surface area contributed by atoms with Gasteiger partial charge in [0.2, 0.25) is 0 Å². The third-order valence-electron chi connectivity index (χ3n) is 5.02. The molecule has 0 radical (unpaired) electrons. The van der Waals surface area contributed by atoms with Gasteiger partial charge in [0.15, 0.2) is 0 Å². The lowest BCUT2D eigenvalue weighted by Gasteiger charge is -2.13. The molecule has 5 aromatic rings. The summed E-state index contributed by atoms with van der Waals surface area (Å²) in [5.74, 6) is 0. The number of hydrogen-bond acceptors (Lipinski definition) is 3. The van der Waals surface area contributed by atoms with Gasteiger partial charge < -0.3 is 4.98 Å². The Labute approximate surface area is 167 Å². The molecule has 0 unspecified atom stereocenters. The average Bonchev–Trinajstić information content (AvgIpc) is 3.18. The van der Waals surface area contributed by atoms with Gasteiger partial charge in [-0.2, -0.15) is 8.42 Å². The van der Waals surface area contributed by atoms with Crippen LogP contribution in [0.2, 0.25) is 0 Å². The number of aromatic nitrogens is 2. The highest BCUT2D eigenvalue weighted by Crippen LogP contribution is 2.40. The topological polar surface area (TPSA) is 83.1 Å². The van der Waals surface area contributed by atoms with Crippen LogP contribution in [0.4, 0.5) is 0 Å². The van der Waals surface area contributed by atoms with Crippen molar-refractivity contribution in [2.75, 3.05) is 0 Å². The fraction of sp³-hybridized carbons (Fsp3) is 0. The van der Waals surface area contributed by atoms with Crippen LogP contribution in [-0.2, 0) is 10.1 Å². The van der Waals surface area contributed by atoms with Crippen LogP contribution < -0.4 is 0 Å². The highest BCUT2D eigenvalue weighted by Gasteiger charge is 2.20. The van der Waals surface area contributed by atoms with Gasteiger partial charge in [0.05, 0.1) is 11.0 Å². The molecule has 1 heterocycles. The minimum atomic E-state index is -4.44. The zero-order valence-corrected chi connectivity index (χ0v) is 16.0. The van der Waals surface area contributed by atoms with E-state index in [1.807, 2.05) is 60.7 Å². The SMILES string of the molecule is O=S(=O)(O)c1nc2c(-c3ccccc3)c(-c3cccc4ccccc34)ccc2[nH]1.